The second-order valence-electron chi connectivity index (χ2n) is 4.34. The number of benzene rings is 1. The fraction of sp³-hybridized carbons (Fsp3) is 0.462. The van der Waals surface area contributed by atoms with Gasteiger partial charge >= 0.3 is 5.97 Å². The summed E-state index contributed by atoms with van der Waals surface area (Å²) in [7, 11) is 2.09. The van der Waals surface area contributed by atoms with Crippen molar-refractivity contribution < 1.29 is 9.53 Å². The number of hydrogen-bond acceptors (Lipinski definition) is 4. The predicted octanol–water partition coefficient (Wildman–Crippen LogP) is 1.05. The van der Waals surface area contributed by atoms with Gasteiger partial charge in [0.15, 0.2) is 0 Å². The highest BCUT2D eigenvalue weighted by Gasteiger charge is 2.16. The zero-order valence-corrected chi connectivity index (χ0v) is 10.1. The Balaban J connectivity index is 1.70. The van der Waals surface area contributed by atoms with E-state index in [1.165, 1.54) is 0 Å². The number of carbonyl (C=O) groups excluding carboxylic acids is 1. The summed E-state index contributed by atoms with van der Waals surface area (Å²) in [6.07, 6.45) is 0. The van der Waals surface area contributed by atoms with E-state index in [2.05, 4.69) is 16.8 Å². The number of rotatable bonds is 4. The molecule has 1 saturated heterocycles. The van der Waals surface area contributed by atoms with Gasteiger partial charge in [-0.05, 0) is 19.2 Å². The van der Waals surface area contributed by atoms with Crippen LogP contribution in [0, 0.1) is 0 Å². The van der Waals surface area contributed by atoms with Gasteiger partial charge < -0.3 is 4.74 Å². The van der Waals surface area contributed by atoms with E-state index in [1.54, 1.807) is 12.1 Å². The Labute approximate surface area is 102 Å². The van der Waals surface area contributed by atoms with E-state index >= 15 is 0 Å². The number of ether oxygens (including phenoxy) is 1. The van der Waals surface area contributed by atoms with Crippen LogP contribution in [0.5, 0.6) is 0 Å². The van der Waals surface area contributed by atoms with E-state index in [-0.39, 0.29) is 5.97 Å². The van der Waals surface area contributed by atoms with Crippen LogP contribution in [0.3, 0.4) is 0 Å². The van der Waals surface area contributed by atoms with Crippen molar-refractivity contribution in [3.05, 3.63) is 35.9 Å². The van der Waals surface area contributed by atoms with E-state index in [0.29, 0.717) is 12.2 Å². The van der Waals surface area contributed by atoms with Crippen molar-refractivity contribution >= 4 is 5.97 Å². The van der Waals surface area contributed by atoms with Crippen LogP contribution in [0.4, 0.5) is 0 Å². The number of hydrogen-bond donors (Lipinski definition) is 0. The molecule has 0 saturated carbocycles. The maximum atomic E-state index is 11.6. The minimum Gasteiger partial charge on any atom is -0.461 e. The fourth-order valence-corrected chi connectivity index (χ4v) is 1.90. The molecule has 0 bridgehead atoms. The lowest BCUT2D eigenvalue weighted by Gasteiger charge is -2.15. The van der Waals surface area contributed by atoms with Crippen molar-refractivity contribution in [1.82, 2.24) is 9.80 Å². The molecule has 0 atom stereocenters. The Bertz CT molecular complexity index is 367. The van der Waals surface area contributed by atoms with Gasteiger partial charge in [0.1, 0.15) is 6.61 Å². The molecule has 17 heavy (non-hydrogen) atoms. The first kappa shape index (κ1) is 12.1. The smallest absolute Gasteiger partial charge is 0.338 e. The highest BCUT2D eigenvalue weighted by molar-refractivity contribution is 5.89. The van der Waals surface area contributed by atoms with Gasteiger partial charge in [-0.3, -0.25) is 9.80 Å². The largest absolute Gasteiger partial charge is 0.461 e. The molecule has 1 aliphatic heterocycles. The summed E-state index contributed by atoms with van der Waals surface area (Å²) in [5.74, 6) is -0.238. The summed E-state index contributed by atoms with van der Waals surface area (Å²) < 4.78 is 5.23. The minimum atomic E-state index is -0.238. The Morgan fingerprint density at radius 3 is 2.71 bits per heavy atom. The number of esters is 1. The molecule has 1 aliphatic rings. The summed E-state index contributed by atoms with van der Waals surface area (Å²) >= 11 is 0. The van der Waals surface area contributed by atoms with Crippen molar-refractivity contribution in [2.45, 2.75) is 0 Å². The molecule has 0 N–H and O–H groups in total. The molecule has 4 heteroatoms. The van der Waals surface area contributed by atoms with Gasteiger partial charge in [0.2, 0.25) is 0 Å². The molecule has 4 nitrogen and oxygen atoms in total. The van der Waals surface area contributed by atoms with E-state index in [4.69, 9.17) is 4.74 Å². The molecule has 1 fully saturated rings. The lowest BCUT2D eigenvalue weighted by Crippen LogP contribution is -2.27. The molecule has 0 unspecified atom stereocenters. The summed E-state index contributed by atoms with van der Waals surface area (Å²) in [5, 5.41) is 0. The van der Waals surface area contributed by atoms with E-state index in [0.717, 1.165) is 26.3 Å². The van der Waals surface area contributed by atoms with Crippen molar-refractivity contribution in [3.8, 4) is 0 Å². The Kier molecular flexibility index (Phi) is 4.12. The van der Waals surface area contributed by atoms with E-state index < -0.39 is 0 Å². The minimum absolute atomic E-state index is 0.238. The first-order valence-corrected chi connectivity index (χ1v) is 5.89. The number of carbonyl (C=O) groups is 1. The van der Waals surface area contributed by atoms with Crippen molar-refractivity contribution in [2.75, 3.05) is 40.0 Å². The van der Waals surface area contributed by atoms with Gasteiger partial charge in [0, 0.05) is 19.6 Å². The van der Waals surface area contributed by atoms with Crippen molar-refractivity contribution in [2.24, 2.45) is 0 Å². The van der Waals surface area contributed by atoms with E-state index in [9.17, 15) is 4.79 Å². The molecule has 1 aromatic rings. The third-order valence-electron chi connectivity index (χ3n) is 2.89. The van der Waals surface area contributed by atoms with Crippen molar-refractivity contribution in [3.63, 3.8) is 0 Å². The van der Waals surface area contributed by atoms with Crippen molar-refractivity contribution in [1.29, 1.82) is 0 Å². The number of nitrogens with zero attached hydrogens (tertiary/aromatic N) is 2. The van der Waals surface area contributed by atoms with Crippen LogP contribution in [0.1, 0.15) is 10.4 Å². The van der Waals surface area contributed by atoms with Gasteiger partial charge in [0.25, 0.3) is 0 Å². The van der Waals surface area contributed by atoms with Gasteiger partial charge in [-0.1, -0.05) is 18.2 Å². The first-order valence-electron chi connectivity index (χ1n) is 5.89. The second-order valence-corrected chi connectivity index (χ2v) is 4.34. The van der Waals surface area contributed by atoms with Crippen LogP contribution in [0.15, 0.2) is 30.3 Å². The summed E-state index contributed by atoms with van der Waals surface area (Å²) in [6.45, 7) is 4.37. The van der Waals surface area contributed by atoms with Crippen LogP contribution in [-0.4, -0.2) is 55.7 Å². The standard InChI is InChI=1S/C13H18N2O2/c1-14-7-8-15(11-14)9-10-17-13(16)12-5-3-2-4-6-12/h2-6H,7-11H2,1H3. The average Bonchev–Trinajstić information content (AvgIpc) is 2.76. The quantitative estimate of drug-likeness (QED) is 0.729. The summed E-state index contributed by atoms with van der Waals surface area (Å²) in [5.41, 5.74) is 0.617. The highest BCUT2D eigenvalue weighted by atomic mass is 16.5. The third kappa shape index (κ3) is 3.54. The van der Waals surface area contributed by atoms with E-state index in [1.807, 2.05) is 18.2 Å². The zero-order chi connectivity index (χ0) is 12.1. The molecule has 0 amide bonds. The molecule has 0 aliphatic carbocycles. The van der Waals surface area contributed by atoms with Gasteiger partial charge in [-0.25, -0.2) is 4.79 Å². The Morgan fingerprint density at radius 2 is 2.06 bits per heavy atom. The SMILES string of the molecule is CN1CCN(CCOC(=O)c2ccccc2)C1. The molecular formula is C13H18N2O2. The van der Waals surface area contributed by atoms with Gasteiger partial charge in [-0.2, -0.15) is 0 Å². The lowest BCUT2D eigenvalue weighted by atomic mass is 10.2. The maximum Gasteiger partial charge on any atom is 0.338 e. The molecule has 1 aromatic carbocycles. The van der Waals surface area contributed by atoms with Gasteiger partial charge in [-0.15, -0.1) is 0 Å². The second kappa shape index (κ2) is 5.80. The Hall–Kier alpha value is -1.39. The molecule has 2 rings (SSSR count). The van der Waals surface area contributed by atoms with Crippen LogP contribution in [0.25, 0.3) is 0 Å². The molecule has 1 heterocycles. The van der Waals surface area contributed by atoms with Gasteiger partial charge in [0.05, 0.1) is 12.2 Å². The maximum absolute atomic E-state index is 11.6. The predicted molar refractivity (Wildman–Crippen MR) is 65.8 cm³/mol. The van der Waals surface area contributed by atoms with Crippen LogP contribution < -0.4 is 0 Å². The molecule has 0 spiro atoms. The zero-order valence-electron chi connectivity index (χ0n) is 10.1. The highest BCUT2D eigenvalue weighted by Crippen LogP contribution is 2.03. The molecular weight excluding hydrogens is 216 g/mol. The molecule has 0 aromatic heterocycles. The fourth-order valence-electron chi connectivity index (χ4n) is 1.90. The molecule has 0 radical (unpaired) electrons. The monoisotopic (exact) mass is 234 g/mol. The Morgan fingerprint density at radius 1 is 1.29 bits per heavy atom. The lowest BCUT2D eigenvalue weighted by molar-refractivity contribution is 0.0467. The van der Waals surface area contributed by atoms with Crippen LogP contribution in [-0.2, 0) is 4.74 Å². The third-order valence-corrected chi connectivity index (χ3v) is 2.89. The molecule has 92 valence electrons. The number of likely N-dealkylation sites (N-methyl/N-ethyl adjacent to an activating group) is 1. The normalized spacial score (nSPS) is 17.2. The van der Waals surface area contributed by atoms with Crippen LogP contribution in [0.2, 0.25) is 0 Å². The first-order chi connectivity index (χ1) is 8.25. The van der Waals surface area contributed by atoms with Crippen LogP contribution >= 0.6 is 0 Å². The average molecular weight is 234 g/mol. The summed E-state index contributed by atoms with van der Waals surface area (Å²) in [6, 6.07) is 9.10. The summed E-state index contributed by atoms with van der Waals surface area (Å²) in [4.78, 5) is 16.2. The topological polar surface area (TPSA) is 32.8 Å².